The summed E-state index contributed by atoms with van der Waals surface area (Å²) in [5.74, 6) is 0.647. The van der Waals surface area contributed by atoms with Crippen molar-refractivity contribution in [3.8, 4) is 0 Å². The summed E-state index contributed by atoms with van der Waals surface area (Å²) < 4.78 is 7.72. The number of benzene rings is 1. The van der Waals surface area contributed by atoms with Crippen molar-refractivity contribution in [2.75, 3.05) is 19.6 Å². The van der Waals surface area contributed by atoms with Crippen LogP contribution in [-0.2, 0) is 6.42 Å². The van der Waals surface area contributed by atoms with Crippen LogP contribution >= 0.6 is 0 Å². The number of amides is 2. The predicted molar refractivity (Wildman–Crippen MR) is 98.0 cm³/mol. The molecule has 1 atom stereocenters. The number of para-hydroxylation sites is 2. The Kier molecular flexibility index (Phi) is 4.36. The van der Waals surface area contributed by atoms with Gasteiger partial charge in [0.2, 0.25) is 0 Å². The Labute approximate surface area is 152 Å². The van der Waals surface area contributed by atoms with Crippen molar-refractivity contribution < 1.29 is 9.21 Å². The van der Waals surface area contributed by atoms with Crippen LogP contribution in [0.25, 0.3) is 11.1 Å². The van der Waals surface area contributed by atoms with Crippen molar-refractivity contribution >= 4 is 17.1 Å². The van der Waals surface area contributed by atoms with E-state index in [-0.39, 0.29) is 12.1 Å². The first-order chi connectivity index (χ1) is 12.6. The highest BCUT2D eigenvalue weighted by Gasteiger charge is 2.28. The van der Waals surface area contributed by atoms with Gasteiger partial charge in [-0.3, -0.25) is 4.68 Å². The molecule has 0 unspecified atom stereocenters. The Morgan fingerprint density at radius 3 is 2.96 bits per heavy atom. The number of hydrogen-bond acceptors (Lipinski definition) is 4. The zero-order valence-corrected chi connectivity index (χ0v) is 15.1. The molecule has 0 bridgehead atoms. The minimum absolute atomic E-state index is 0.0369. The normalized spacial score (nSPS) is 17.2. The summed E-state index contributed by atoms with van der Waals surface area (Å²) in [4.78, 5) is 18.7. The third kappa shape index (κ3) is 3.29. The van der Waals surface area contributed by atoms with Gasteiger partial charge in [-0.2, -0.15) is 5.10 Å². The van der Waals surface area contributed by atoms with Crippen LogP contribution in [0.2, 0.25) is 0 Å². The molecule has 7 heteroatoms. The minimum atomic E-state index is -0.0369. The van der Waals surface area contributed by atoms with E-state index in [1.165, 1.54) is 0 Å². The molecule has 1 aliphatic rings. The zero-order valence-electron chi connectivity index (χ0n) is 15.1. The highest BCUT2D eigenvalue weighted by molar-refractivity contribution is 5.74. The highest BCUT2D eigenvalue weighted by Crippen LogP contribution is 2.23. The number of rotatable bonds is 4. The predicted octanol–water partition coefficient (Wildman–Crippen LogP) is 2.84. The first-order valence-electron chi connectivity index (χ1n) is 9.00. The molecule has 1 aliphatic heterocycles. The molecule has 4 rings (SSSR count). The molecule has 1 N–H and O–H groups in total. The van der Waals surface area contributed by atoms with Gasteiger partial charge >= 0.3 is 6.03 Å². The summed E-state index contributed by atoms with van der Waals surface area (Å²) in [7, 11) is 0. The molecular formula is C19H23N5O2. The molecule has 0 aliphatic carbocycles. The number of hydrogen-bond donors (Lipinski definition) is 1. The van der Waals surface area contributed by atoms with Crippen LogP contribution in [-0.4, -0.2) is 45.3 Å². The van der Waals surface area contributed by atoms with E-state index in [9.17, 15) is 4.79 Å². The molecule has 0 radical (unpaired) electrons. The van der Waals surface area contributed by atoms with Gasteiger partial charge in [0.05, 0.1) is 11.7 Å². The van der Waals surface area contributed by atoms with Gasteiger partial charge in [-0.15, -0.1) is 0 Å². The molecular weight excluding hydrogens is 330 g/mol. The van der Waals surface area contributed by atoms with Crippen molar-refractivity contribution in [3.63, 3.8) is 0 Å². The second-order valence-corrected chi connectivity index (χ2v) is 6.82. The van der Waals surface area contributed by atoms with Crippen LogP contribution in [0.4, 0.5) is 4.79 Å². The van der Waals surface area contributed by atoms with Gasteiger partial charge in [0.25, 0.3) is 0 Å². The van der Waals surface area contributed by atoms with E-state index in [2.05, 4.69) is 28.4 Å². The average Bonchev–Trinajstić information content (AvgIpc) is 3.32. The molecule has 3 heterocycles. The lowest BCUT2D eigenvalue weighted by atomic mass is 10.2. The van der Waals surface area contributed by atoms with Gasteiger partial charge in [-0.05, 0) is 38.5 Å². The second-order valence-electron chi connectivity index (χ2n) is 6.82. The molecule has 1 aromatic carbocycles. The van der Waals surface area contributed by atoms with Gasteiger partial charge in [-0.1, -0.05) is 12.1 Å². The number of nitrogens with zero attached hydrogens (tertiary/aromatic N) is 4. The molecule has 1 fully saturated rings. The lowest BCUT2D eigenvalue weighted by molar-refractivity contribution is 0.206. The van der Waals surface area contributed by atoms with Gasteiger partial charge in [-0.25, -0.2) is 9.78 Å². The van der Waals surface area contributed by atoms with E-state index in [1.54, 1.807) is 0 Å². The number of nitrogens with one attached hydrogen (secondary N) is 1. The Balaban J connectivity index is 1.29. The topological polar surface area (TPSA) is 76.2 Å². The standard InChI is InChI=1S/C19H23N5O2/c1-13-11-14(2)24(22-13)15-8-10-23(12-15)19(25)20-9-7-18-21-16-5-3-4-6-17(16)26-18/h3-6,11,15H,7-10,12H2,1-2H3,(H,20,25)/t15-/m1/s1. The van der Waals surface area contributed by atoms with Crippen molar-refractivity contribution in [3.05, 3.63) is 47.6 Å². The van der Waals surface area contributed by atoms with E-state index in [0.29, 0.717) is 25.4 Å². The van der Waals surface area contributed by atoms with E-state index < -0.39 is 0 Å². The van der Waals surface area contributed by atoms with Gasteiger partial charge in [0.1, 0.15) is 5.52 Å². The fourth-order valence-corrected chi connectivity index (χ4v) is 3.56. The first-order valence-corrected chi connectivity index (χ1v) is 9.00. The van der Waals surface area contributed by atoms with Crippen LogP contribution in [0.15, 0.2) is 34.7 Å². The number of oxazole rings is 1. The zero-order chi connectivity index (χ0) is 18.1. The summed E-state index contributed by atoms with van der Waals surface area (Å²) in [6, 6.07) is 9.96. The maximum Gasteiger partial charge on any atom is 0.317 e. The van der Waals surface area contributed by atoms with Crippen molar-refractivity contribution in [2.45, 2.75) is 32.7 Å². The van der Waals surface area contributed by atoms with E-state index in [1.807, 2.05) is 40.8 Å². The van der Waals surface area contributed by atoms with E-state index in [4.69, 9.17) is 4.42 Å². The largest absolute Gasteiger partial charge is 0.441 e. The fraction of sp³-hybridized carbons (Fsp3) is 0.421. The molecule has 0 saturated carbocycles. The number of aryl methyl sites for hydroxylation is 2. The average molecular weight is 353 g/mol. The van der Waals surface area contributed by atoms with Crippen molar-refractivity contribution in [2.24, 2.45) is 0 Å². The van der Waals surface area contributed by atoms with Crippen LogP contribution in [0.5, 0.6) is 0 Å². The van der Waals surface area contributed by atoms with Gasteiger partial charge in [0.15, 0.2) is 11.5 Å². The van der Waals surface area contributed by atoms with E-state index >= 15 is 0 Å². The lowest BCUT2D eigenvalue weighted by Crippen LogP contribution is -2.39. The molecule has 2 aromatic heterocycles. The number of urea groups is 1. The quantitative estimate of drug-likeness (QED) is 0.782. The molecule has 26 heavy (non-hydrogen) atoms. The van der Waals surface area contributed by atoms with Crippen LogP contribution in [0, 0.1) is 13.8 Å². The lowest BCUT2D eigenvalue weighted by Gasteiger charge is -2.18. The van der Waals surface area contributed by atoms with Crippen LogP contribution in [0.1, 0.15) is 29.7 Å². The van der Waals surface area contributed by atoms with Gasteiger partial charge < -0.3 is 14.6 Å². The Morgan fingerprint density at radius 1 is 1.35 bits per heavy atom. The molecule has 136 valence electrons. The van der Waals surface area contributed by atoms with E-state index in [0.717, 1.165) is 35.5 Å². The SMILES string of the molecule is Cc1cc(C)n([C@@H]2CCN(C(=O)NCCc3nc4ccccc4o3)C2)n1. The number of likely N-dealkylation sites (tertiary alicyclic amines) is 1. The van der Waals surface area contributed by atoms with Crippen LogP contribution < -0.4 is 5.32 Å². The number of carbonyl (C=O) groups excluding carboxylic acids is 1. The summed E-state index contributed by atoms with van der Waals surface area (Å²) in [6.45, 7) is 6.00. The summed E-state index contributed by atoms with van der Waals surface area (Å²) in [5.41, 5.74) is 3.79. The van der Waals surface area contributed by atoms with Crippen molar-refractivity contribution in [1.29, 1.82) is 0 Å². The number of fused-ring (bicyclic) bond motifs is 1. The Hall–Kier alpha value is -2.83. The minimum Gasteiger partial charge on any atom is -0.441 e. The van der Waals surface area contributed by atoms with Gasteiger partial charge in [0, 0.05) is 31.7 Å². The maximum atomic E-state index is 12.4. The summed E-state index contributed by atoms with van der Waals surface area (Å²) >= 11 is 0. The molecule has 0 spiro atoms. The monoisotopic (exact) mass is 353 g/mol. The molecule has 1 saturated heterocycles. The Bertz CT molecular complexity index is 896. The van der Waals surface area contributed by atoms with Crippen LogP contribution in [0.3, 0.4) is 0 Å². The summed E-state index contributed by atoms with van der Waals surface area (Å²) in [5, 5.41) is 7.51. The fourth-order valence-electron chi connectivity index (χ4n) is 3.56. The molecule has 2 amide bonds. The first kappa shape index (κ1) is 16.6. The van der Waals surface area contributed by atoms with Crippen molar-refractivity contribution in [1.82, 2.24) is 25.0 Å². The Morgan fingerprint density at radius 2 is 2.19 bits per heavy atom. The smallest absolute Gasteiger partial charge is 0.317 e. The number of carbonyl (C=O) groups is 1. The molecule has 7 nitrogen and oxygen atoms in total. The second kappa shape index (κ2) is 6.82. The maximum absolute atomic E-state index is 12.4. The summed E-state index contributed by atoms with van der Waals surface area (Å²) in [6.07, 6.45) is 1.51. The highest BCUT2D eigenvalue weighted by atomic mass is 16.3. The number of aromatic nitrogens is 3. The molecule has 3 aromatic rings. The third-order valence-corrected chi connectivity index (χ3v) is 4.79. The third-order valence-electron chi connectivity index (χ3n) is 4.79.